The molecule has 0 heterocycles. The molecule has 2 rings (SSSR count). The largest absolute Gasteiger partial charge is 0.313 e. The summed E-state index contributed by atoms with van der Waals surface area (Å²) in [5.74, 6) is 0.361. The molecule has 110 valence electrons. The van der Waals surface area contributed by atoms with Crippen molar-refractivity contribution in [2.45, 2.75) is 39.0 Å². The lowest BCUT2D eigenvalue weighted by atomic mass is 9.83. The van der Waals surface area contributed by atoms with Crippen molar-refractivity contribution in [2.24, 2.45) is 5.92 Å². The van der Waals surface area contributed by atoms with Gasteiger partial charge in [-0.05, 0) is 37.4 Å². The number of rotatable bonds is 5. The molecule has 0 aliphatic heterocycles. The van der Waals surface area contributed by atoms with Crippen molar-refractivity contribution in [3.8, 4) is 0 Å². The maximum atomic E-state index is 14.0. The van der Waals surface area contributed by atoms with E-state index in [0.29, 0.717) is 16.5 Å². The van der Waals surface area contributed by atoms with Crippen LogP contribution in [0, 0.1) is 11.7 Å². The van der Waals surface area contributed by atoms with E-state index in [4.69, 9.17) is 11.6 Å². The minimum Gasteiger partial charge on any atom is -0.313 e. The van der Waals surface area contributed by atoms with E-state index in [1.54, 1.807) is 12.1 Å². The van der Waals surface area contributed by atoms with Crippen LogP contribution >= 0.6 is 11.6 Å². The summed E-state index contributed by atoms with van der Waals surface area (Å²) in [6.07, 6.45) is 8.39. The summed E-state index contributed by atoms with van der Waals surface area (Å²) in [7, 11) is 0. The fourth-order valence-electron chi connectivity index (χ4n) is 2.87. The van der Waals surface area contributed by atoms with Gasteiger partial charge < -0.3 is 5.32 Å². The van der Waals surface area contributed by atoms with Crippen molar-refractivity contribution in [3.05, 3.63) is 40.2 Å². The van der Waals surface area contributed by atoms with Crippen LogP contribution in [0.15, 0.2) is 23.8 Å². The summed E-state index contributed by atoms with van der Waals surface area (Å²) in [4.78, 5) is 0. The molecule has 1 aromatic rings. The Morgan fingerprint density at radius 1 is 1.35 bits per heavy atom. The molecule has 0 saturated heterocycles. The van der Waals surface area contributed by atoms with Crippen LogP contribution in [-0.4, -0.2) is 13.1 Å². The lowest BCUT2D eigenvalue weighted by Crippen LogP contribution is -2.22. The molecule has 0 unspecified atom stereocenters. The van der Waals surface area contributed by atoms with Gasteiger partial charge >= 0.3 is 0 Å². The maximum absolute atomic E-state index is 14.0. The van der Waals surface area contributed by atoms with Crippen LogP contribution in [0.5, 0.6) is 0 Å². The molecule has 0 atom stereocenters. The first kappa shape index (κ1) is 15.5. The second-order valence-electron chi connectivity index (χ2n) is 5.50. The standard InChI is InChI=1S/C17H23ClFN/c1-2-20-12-15(13-6-4-3-5-7-13)10-14-8-9-16(18)11-17(14)19/h8-11,13,20H,2-7,12H2,1H3/b15-10-. The molecule has 1 nitrogen and oxygen atoms in total. The van der Waals surface area contributed by atoms with E-state index in [1.807, 2.05) is 6.08 Å². The fraction of sp³-hybridized carbons (Fsp3) is 0.529. The molecule has 1 aliphatic carbocycles. The summed E-state index contributed by atoms with van der Waals surface area (Å²) in [6, 6.07) is 4.91. The van der Waals surface area contributed by atoms with Gasteiger partial charge in [0.2, 0.25) is 0 Å². The van der Waals surface area contributed by atoms with E-state index >= 15 is 0 Å². The van der Waals surface area contributed by atoms with E-state index in [9.17, 15) is 4.39 Å². The van der Waals surface area contributed by atoms with E-state index in [2.05, 4.69) is 12.2 Å². The van der Waals surface area contributed by atoms with Gasteiger partial charge in [-0.1, -0.05) is 55.5 Å². The topological polar surface area (TPSA) is 12.0 Å². The number of hydrogen-bond donors (Lipinski definition) is 1. The molecular formula is C17H23ClFN. The fourth-order valence-corrected chi connectivity index (χ4v) is 3.03. The van der Waals surface area contributed by atoms with E-state index in [1.165, 1.54) is 43.7 Å². The van der Waals surface area contributed by atoms with Crippen molar-refractivity contribution in [2.75, 3.05) is 13.1 Å². The minimum absolute atomic E-state index is 0.234. The van der Waals surface area contributed by atoms with E-state index < -0.39 is 0 Å². The molecule has 20 heavy (non-hydrogen) atoms. The molecule has 3 heteroatoms. The number of hydrogen-bond acceptors (Lipinski definition) is 1. The monoisotopic (exact) mass is 295 g/mol. The number of nitrogens with one attached hydrogen (secondary N) is 1. The Kier molecular flexibility index (Phi) is 6.06. The molecule has 1 aliphatic rings. The van der Waals surface area contributed by atoms with Crippen LogP contribution in [0.25, 0.3) is 6.08 Å². The zero-order valence-corrected chi connectivity index (χ0v) is 12.8. The van der Waals surface area contributed by atoms with Crippen molar-refractivity contribution >= 4 is 17.7 Å². The number of likely N-dealkylation sites (N-methyl/N-ethyl adjacent to an activating group) is 1. The zero-order valence-electron chi connectivity index (χ0n) is 12.1. The van der Waals surface area contributed by atoms with Crippen LogP contribution in [-0.2, 0) is 0 Å². The summed E-state index contributed by atoms with van der Waals surface area (Å²) >= 11 is 5.81. The highest BCUT2D eigenvalue weighted by molar-refractivity contribution is 6.30. The molecule has 0 aromatic heterocycles. The Labute approximate surface area is 126 Å². The van der Waals surface area contributed by atoms with Crippen LogP contribution < -0.4 is 5.32 Å². The van der Waals surface area contributed by atoms with Gasteiger partial charge in [-0.25, -0.2) is 4.39 Å². The van der Waals surface area contributed by atoms with Crippen LogP contribution in [0.3, 0.4) is 0 Å². The third kappa shape index (κ3) is 4.32. The van der Waals surface area contributed by atoms with Gasteiger partial charge in [-0.3, -0.25) is 0 Å². The van der Waals surface area contributed by atoms with Crippen molar-refractivity contribution in [1.82, 2.24) is 5.32 Å². The molecule has 0 amide bonds. The van der Waals surface area contributed by atoms with Crippen LogP contribution in [0.2, 0.25) is 5.02 Å². The highest BCUT2D eigenvalue weighted by Gasteiger charge is 2.18. The molecule has 1 aromatic carbocycles. The summed E-state index contributed by atoms with van der Waals surface area (Å²) < 4.78 is 14.0. The minimum atomic E-state index is -0.234. The van der Waals surface area contributed by atoms with E-state index in [-0.39, 0.29) is 5.82 Å². The Morgan fingerprint density at radius 2 is 2.10 bits per heavy atom. The summed E-state index contributed by atoms with van der Waals surface area (Å²) in [5, 5.41) is 3.83. The Bertz CT molecular complexity index is 464. The first-order chi connectivity index (χ1) is 9.70. The van der Waals surface area contributed by atoms with Gasteiger partial charge in [-0.15, -0.1) is 0 Å². The molecule has 1 N–H and O–H groups in total. The molecule has 0 spiro atoms. The van der Waals surface area contributed by atoms with Crippen LogP contribution in [0.4, 0.5) is 4.39 Å². The second-order valence-corrected chi connectivity index (χ2v) is 5.94. The normalized spacial score (nSPS) is 17.4. The summed E-state index contributed by atoms with van der Waals surface area (Å²) in [5.41, 5.74) is 1.97. The first-order valence-electron chi connectivity index (χ1n) is 7.57. The highest BCUT2D eigenvalue weighted by atomic mass is 35.5. The lowest BCUT2D eigenvalue weighted by Gasteiger charge is -2.25. The average Bonchev–Trinajstić information content (AvgIpc) is 2.46. The van der Waals surface area contributed by atoms with Gasteiger partial charge in [0.25, 0.3) is 0 Å². The van der Waals surface area contributed by atoms with Crippen molar-refractivity contribution < 1.29 is 4.39 Å². The van der Waals surface area contributed by atoms with Gasteiger partial charge in [0, 0.05) is 17.1 Å². The molecular weight excluding hydrogens is 273 g/mol. The average molecular weight is 296 g/mol. The molecule has 1 fully saturated rings. The predicted octanol–water partition coefficient (Wildman–Crippen LogP) is 5.05. The third-order valence-corrected chi connectivity index (χ3v) is 4.25. The first-order valence-corrected chi connectivity index (χ1v) is 7.94. The zero-order chi connectivity index (χ0) is 14.4. The van der Waals surface area contributed by atoms with Gasteiger partial charge in [0.15, 0.2) is 0 Å². The maximum Gasteiger partial charge on any atom is 0.131 e. The number of benzene rings is 1. The Hall–Kier alpha value is -0.860. The Morgan fingerprint density at radius 3 is 2.75 bits per heavy atom. The molecule has 1 saturated carbocycles. The summed E-state index contributed by atoms with van der Waals surface area (Å²) in [6.45, 7) is 3.89. The van der Waals surface area contributed by atoms with Gasteiger partial charge in [-0.2, -0.15) is 0 Å². The van der Waals surface area contributed by atoms with E-state index in [0.717, 1.165) is 13.1 Å². The lowest BCUT2D eigenvalue weighted by molar-refractivity contribution is 0.397. The SMILES string of the molecule is CCNC/C(=C/c1ccc(Cl)cc1F)C1CCCCC1. The smallest absolute Gasteiger partial charge is 0.131 e. The molecule has 0 bridgehead atoms. The second kappa shape index (κ2) is 7.80. The predicted molar refractivity (Wildman–Crippen MR) is 84.5 cm³/mol. The Balaban J connectivity index is 2.21. The van der Waals surface area contributed by atoms with Crippen molar-refractivity contribution in [3.63, 3.8) is 0 Å². The van der Waals surface area contributed by atoms with Crippen molar-refractivity contribution in [1.29, 1.82) is 0 Å². The van der Waals surface area contributed by atoms with Crippen LogP contribution in [0.1, 0.15) is 44.6 Å². The number of halogens is 2. The quantitative estimate of drug-likeness (QED) is 0.801. The van der Waals surface area contributed by atoms with Gasteiger partial charge in [0.1, 0.15) is 5.82 Å². The highest BCUT2D eigenvalue weighted by Crippen LogP contribution is 2.31. The third-order valence-electron chi connectivity index (χ3n) is 4.01. The molecule has 0 radical (unpaired) electrons. The van der Waals surface area contributed by atoms with Gasteiger partial charge in [0.05, 0.1) is 0 Å².